The van der Waals surface area contributed by atoms with Gasteiger partial charge in [-0.1, -0.05) is 0 Å². The number of fused-ring (bicyclic) bond motifs is 2. The summed E-state index contributed by atoms with van der Waals surface area (Å²) >= 11 is 1.81. The number of hydrogen-bond donors (Lipinski definition) is 0. The number of methoxy groups -OCH3 is 1. The maximum absolute atomic E-state index is 5.39. The van der Waals surface area contributed by atoms with Crippen LogP contribution in [0, 0.1) is 5.92 Å². The van der Waals surface area contributed by atoms with Crippen LogP contribution in [0.2, 0.25) is 0 Å². The summed E-state index contributed by atoms with van der Waals surface area (Å²) in [5.74, 6) is 0.754. The molecule has 0 atom stereocenters. The number of ether oxygens (including phenoxy) is 1. The highest BCUT2D eigenvalue weighted by Crippen LogP contribution is 2.36. The number of hydrogen-bond acceptors (Lipinski definition) is 5. The summed E-state index contributed by atoms with van der Waals surface area (Å²) in [6.45, 7) is 0. The fourth-order valence-electron chi connectivity index (χ4n) is 3.72. The van der Waals surface area contributed by atoms with Crippen LogP contribution in [-0.2, 0) is 18.2 Å². The van der Waals surface area contributed by atoms with Crippen molar-refractivity contribution in [3.05, 3.63) is 41.5 Å². The average molecular weight is 364 g/mol. The van der Waals surface area contributed by atoms with Crippen molar-refractivity contribution in [2.45, 2.75) is 25.4 Å². The topological polar surface area (TPSA) is 52.8 Å². The Kier molecular flexibility index (Phi) is 3.76. The van der Waals surface area contributed by atoms with Crippen molar-refractivity contribution < 1.29 is 4.74 Å². The van der Waals surface area contributed by atoms with E-state index in [1.54, 1.807) is 4.68 Å². The molecule has 0 bridgehead atoms. The second kappa shape index (κ2) is 6.14. The maximum atomic E-state index is 5.39. The number of nitrogens with zero attached hydrogens (tertiary/aromatic N) is 4. The van der Waals surface area contributed by atoms with E-state index in [-0.39, 0.29) is 0 Å². The molecule has 0 saturated heterocycles. The standard InChI is InChI=1S/C20H20N4OS/c1-24-11-15-8-14(10-21-19(15)23-24)18-4-3-13-9-17(26-20(13)22-18)7-12-5-16(6-12)25-2/h3-4,8-12,16H,5-7H2,1-2H3. The van der Waals surface area contributed by atoms with E-state index in [2.05, 4.69) is 34.3 Å². The normalized spacial score (nSPS) is 19.9. The molecule has 1 saturated carbocycles. The molecule has 6 heteroatoms. The van der Waals surface area contributed by atoms with Crippen molar-refractivity contribution in [2.24, 2.45) is 13.0 Å². The summed E-state index contributed by atoms with van der Waals surface area (Å²) in [6, 6.07) is 8.66. The minimum absolute atomic E-state index is 0.467. The van der Waals surface area contributed by atoms with Crippen LogP contribution in [0.5, 0.6) is 0 Å². The van der Waals surface area contributed by atoms with E-state index in [4.69, 9.17) is 9.72 Å². The number of aryl methyl sites for hydroxylation is 1. The molecular formula is C20H20N4OS. The molecule has 0 N–H and O–H groups in total. The van der Waals surface area contributed by atoms with Gasteiger partial charge in [0.15, 0.2) is 5.65 Å². The zero-order chi connectivity index (χ0) is 17.7. The van der Waals surface area contributed by atoms with Gasteiger partial charge in [-0.2, -0.15) is 5.10 Å². The van der Waals surface area contributed by atoms with E-state index in [0.717, 1.165) is 39.5 Å². The molecule has 132 valence electrons. The monoisotopic (exact) mass is 364 g/mol. The minimum atomic E-state index is 0.467. The number of aromatic nitrogens is 4. The maximum Gasteiger partial charge on any atom is 0.181 e. The third kappa shape index (κ3) is 2.79. The summed E-state index contributed by atoms with van der Waals surface area (Å²) in [4.78, 5) is 11.9. The van der Waals surface area contributed by atoms with Crippen molar-refractivity contribution in [3.8, 4) is 11.3 Å². The van der Waals surface area contributed by atoms with Crippen LogP contribution in [0.3, 0.4) is 0 Å². The van der Waals surface area contributed by atoms with E-state index in [1.165, 1.54) is 23.1 Å². The highest BCUT2D eigenvalue weighted by molar-refractivity contribution is 7.18. The van der Waals surface area contributed by atoms with Crippen molar-refractivity contribution >= 4 is 32.6 Å². The number of rotatable bonds is 4. The molecule has 0 aromatic carbocycles. The first-order valence-electron chi connectivity index (χ1n) is 8.90. The molecule has 1 aliphatic carbocycles. The van der Waals surface area contributed by atoms with Crippen molar-refractivity contribution in [2.75, 3.05) is 7.11 Å². The molecule has 1 fully saturated rings. The van der Waals surface area contributed by atoms with Gasteiger partial charge in [-0.3, -0.25) is 4.68 Å². The van der Waals surface area contributed by atoms with E-state index in [9.17, 15) is 0 Å². The zero-order valence-electron chi connectivity index (χ0n) is 14.8. The molecule has 4 aromatic rings. The summed E-state index contributed by atoms with van der Waals surface area (Å²) < 4.78 is 7.18. The van der Waals surface area contributed by atoms with Gasteiger partial charge in [0, 0.05) is 47.8 Å². The highest BCUT2D eigenvalue weighted by Gasteiger charge is 2.29. The third-order valence-electron chi connectivity index (χ3n) is 5.22. The SMILES string of the molecule is COC1CC(Cc2cc3ccc(-c4cnc5nn(C)cc5c4)nc3s2)C1. The van der Waals surface area contributed by atoms with Gasteiger partial charge in [0.2, 0.25) is 0 Å². The predicted molar refractivity (Wildman–Crippen MR) is 104 cm³/mol. The molecule has 1 aliphatic rings. The van der Waals surface area contributed by atoms with Gasteiger partial charge in [0.25, 0.3) is 0 Å². The van der Waals surface area contributed by atoms with Crippen LogP contribution in [0.1, 0.15) is 17.7 Å². The summed E-state index contributed by atoms with van der Waals surface area (Å²) in [7, 11) is 3.72. The second-order valence-electron chi connectivity index (χ2n) is 7.14. The quantitative estimate of drug-likeness (QED) is 0.544. The first-order valence-corrected chi connectivity index (χ1v) is 9.71. The van der Waals surface area contributed by atoms with E-state index >= 15 is 0 Å². The lowest BCUT2D eigenvalue weighted by Gasteiger charge is -2.33. The highest BCUT2D eigenvalue weighted by atomic mass is 32.1. The van der Waals surface area contributed by atoms with E-state index in [0.29, 0.717) is 6.10 Å². The largest absolute Gasteiger partial charge is 0.381 e. The van der Waals surface area contributed by atoms with Gasteiger partial charge < -0.3 is 4.74 Å². The Balaban J connectivity index is 1.43. The smallest absolute Gasteiger partial charge is 0.181 e. The summed E-state index contributed by atoms with van der Waals surface area (Å²) in [6.07, 6.45) is 7.81. The van der Waals surface area contributed by atoms with Crippen molar-refractivity contribution in [1.82, 2.24) is 19.7 Å². The Bertz CT molecular complexity index is 1090. The lowest BCUT2D eigenvalue weighted by molar-refractivity contribution is 0.00170. The first-order chi connectivity index (χ1) is 12.7. The third-order valence-corrected chi connectivity index (χ3v) is 6.29. The lowest BCUT2D eigenvalue weighted by Crippen LogP contribution is -2.31. The fourth-order valence-corrected chi connectivity index (χ4v) is 4.86. The van der Waals surface area contributed by atoms with Crippen LogP contribution >= 0.6 is 11.3 Å². The second-order valence-corrected chi connectivity index (χ2v) is 8.26. The lowest BCUT2D eigenvalue weighted by atomic mass is 9.80. The molecule has 4 aromatic heterocycles. The van der Waals surface area contributed by atoms with Crippen LogP contribution < -0.4 is 0 Å². The molecule has 0 amide bonds. The molecule has 26 heavy (non-hydrogen) atoms. The Morgan fingerprint density at radius 2 is 2.12 bits per heavy atom. The minimum Gasteiger partial charge on any atom is -0.381 e. The Labute approximate surface area is 155 Å². The van der Waals surface area contributed by atoms with Crippen LogP contribution in [0.25, 0.3) is 32.5 Å². The molecule has 5 nitrogen and oxygen atoms in total. The molecular weight excluding hydrogens is 344 g/mol. The first kappa shape index (κ1) is 15.9. The van der Waals surface area contributed by atoms with Crippen LogP contribution in [0.15, 0.2) is 36.7 Å². The molecule has 0 aliphatic heterocycles. The van der Waals surface area contributed by atoms with E-state index < -0.39 is 0 Å². The molecule has 4 heterocycles. The number of thiophene rings is 1. The molecule has 0 unspecified atom stereocenters. The molecule has 0 spiro atoms. The van der Waals surface area contributed by atoms with Gasteiger partial charge in [-0.25, -0.2) is 9.97 Å². The van der Waals surface area contributed by atoms with Crippen LogP contribution in [0.4, 0.5) is 0 Å². The predicted octanol–water partition coefficient (Wildman–Crippen LogP) is 4.21. The van der Waals surface area contributed by atoms with Gasteiger partial charge >= 0.3 is 0 Å². The average Bonchev–Trinajstić information content (AvgIpc) is 3.17. The Morgan fingerprint density at radius 3 is 2.96 bits per heavy atom. The van der Waals surface area contributed by atoms with Crippen molar-refractivity contribution in [1.29, 1.82) is 0 Å². The van der Waals surface area contributed by atoms with E-state index in [1.807, 2.05) is 37.9 Å². The van der Waals surface area contributed by atoms with Crippen LogP contribution in [-0.4, -0.2) is 33.0 Å². The zero-order valence-corrected chi connectivity index (χ0v) is 15.7. The van der Waals surface area contributed by atoms with Crippen molar-refractivity contribution in [3.63, 3.8) is 0 Å². The Hall–Kier alpha value is -2.31. The molecule has 5 rings (SSSR count). The van der Waals surface area contributed by atoms with Gasteiger partial charge in [0.05, 0.1) is 11.8 Å². The van der Waals surface area contributed by atoms with Gasteiger partial charge in [0.1, 0.15) is 4.83 Å². The summed E-state index contributed by atoms with van der Waals surface area (Å²) in [5.41, 5.74) is 2.77. The van der Waals surface area contributed by atoms with Gasteiger partial charge in [-0.15, -0.1) is 11.3 Å². The number of pyridine rings is 2. The Morgan fingerprint density at radius 1 is 1.23 bits per heavy atom. The summed E-state index contributed by atoms with van der Waals surface area (Å²) in [5, 5.41) is 6.60. The van der Waals surface area contributed by atoms with Gasteiger partial charge in [-0.05, 0) is 49.4 Å². The molecule has 0 radical (unpaired) electrons. The fraction of sp³-hybridized carbons (Fsp3) is 0.350.